The van der Waals surface area contributed by atoms with Crippen LogP contribution in [0.15, 0.2) is 29.1 Å². The average molecular weight is 451 g/mol. The van der Waals surface area contributed by atoms with Crippen molar-refractivity contribution in [1.29, 1.82) is 0 Å². The lowest BCUT2D eigenvalue weighted by molar-refractivity contribution is -0.210. The lowest BCUT2D eigenvalue weighted by Gasteiger charge is -2.35. The van der Waals surface area contributed by atoms with Crippen molar-refractivity contribution in [2.75, 3.05) is 0 Å². The summed E-state index contributed by atoms with van der Waals surface area (Å²) in [5.41, 5.74) is 5.60. The minimum atomic E-state index is -2.07. The van der Waals surface area contributed by atoms with E-state index in [0.29, 0.717) is 33.4 Å². The maximum absolute atomic E-state index is 13.5. The van der Waals surface area contributed by atoms with E-state index in [1.165, 1.54) is 10.6 Å². The molecule has 10 heteroatoms. The number of carbonyl (C=O) groups is 2. The number of aromatic nitrogens is 2. The van der Waals surface area contributed by atoms with Gasteiger partial charge in [-0.05, 0) is 24.6 Å². The van der Waals surface area contributed by atoms with Crippen LogP contribution in [-0.4, -0.2) is 31.7 Å². The summed E-state index contributed by atoms with van der Waals surface area (Å²) in [7, 11) is 0. The highest BCUT2D eigenvalue weighted by Crippen LogP contribution is 2.42. The fourth-order valence-electron chi connectivity index (χ4n) is 4.51. The molecule has 2 atom stereocenters. The van der Waals surface area contributed by atoms with Crippen LogP contribution in [-0.2, 0) is 37.8 Å². The molecule has 4 heterocycles. The Balaban J connectivity index is 1.77. The summed E-state index contributed by atoms with van der Waals surface area (Å²) in [4.78, 5) is 42.3. The van der Waals surface area contributed by atoms with Gasteiger partial charge >= 0.3 is 11.9 Å². The molecule has 0 saturated heterocycles. The van der Waals surface area contributed by atoms with Crippen LogP contribution in [0.1, 0.15) is 48.8 Å². The van der Waals surface area contributed by atoms with Crippen molar-refractivity contribution in [2.45, 2.75) is 45.2 Å². The lowest BCUT2D eigenvalue weighted by atomic mass is 9.85. The number of phenols is 1. The molecule has 0 saturated carbocycles. The first-order valence-corrected chi connectivity index (χ1v) is 10.4. The molecule has 10 nitrogen and oxygen atoms in total. The fraction of sp³-hybridized carbons (Fsp3) is 0.304. The summed E-state index contributed by atoms with van der Waals surface area (Å²) in [6, 6.07) is 6.68. The molecule has 2 aliphatic rings. The zero-order chi connectivity index (χ0) is 23.7. The Morgan fingerprint density at radius 1 is 1.36 bits per heavy atom. The van der Waals surface area contributed by atoms with Gasteiger partial charge in [0.1, 0.15) is 11.3 Å². The highest BCUT2D eigenvalue weighted by atomic mass is 16.7. The monoisotopic (exact) mass is 451 g/mol. The molecule has 33 heavy (non-hydrogen) atoms. The Bertz CT molecular complexity index is 1430. The number of nitrogens with zero attached hydrogens (tertiary/aromatic N) is 2. The van der Waals surface area contributed by atoms with Crippen LogP contribution in [0.3, 0.4) is 0 Å². The van der Waals surface area contributed by atoms with Crippen LogP contribution >= 0.6 is 0 Å². The van der Waals surface area contributed by atoms with E-state index >= 15 is 0 Å². The molecule has 1 unspecified atom stereocenters. The summed E-state index contributed by atoms with van der Waals surface area (Å²) in [5.74, 6) is -1.72. The third-order valence-corrected chi connectivity index (χ3v) is 6.28. The number of benzene rings is 1. The van der Waals surface area contributed by atoms with Gasteiger partial charge in [0.05, 0.1) is 23.4 Å². The van der Waals surface area contributed by atoms with Crippen molar-refractivity contribution in [2.24, 2.45) is 5.73 Å². The maximum atomic E-state index is 13.5. The van der Waals surface area contributed by atoms with Crippen molar-refractivity contribution in [1.82, 2.24) is 9.55 Å². The largest absolute Gasteiger partial charge is 0.507 e. The zero-order valence-corrected chi connectivity index (χ0v) is 17.9. The third-order valence-electron chi connectivity index (χ3n) is 6.28. The Morgan fingerprint density at radius 3 is 2.79 bits per heavy atom. The number of cyclic esters (lactones) is 1. The number of hydrogen-bond donors (Lipinski definition) is 3. The summed E-state index contributed by atoms with van der Waals surface area (Å²) < 4.78 is 11.6. The number of esters is 2. The third kappa shape index (κ3) is 2.87. The number of aromatic hydroxyl groups is 1. The molecule has 1 aromatic carbocycles. The average Bonchev–Trinajstić information content (AvgIpc) is 3.14. The first-order valence-electron chi connectivity index (χ1n) is 10.4. The molecule has 2 aliphatic heterocycles. The maximum Gasteiger partial charge on any atom is 0.346 e. The number of hydrogen-bond acceptors (Lipinski definition) is 9. The number of aliphatic hydroxyl groups is 1. The predicted octanol–water partition coefficient (Wildman–Crippen LogP) is 1.31. The molecule has 170 valence electrons. The van der Waals surface area contributed by atoms with Gasteiger partial charge in [-0.1, -0.05) is 13.0 Å². The molecule has 0 bridgehead atoms. The van der Waals surface area contributed by atoms with E-state index in [2.05, 4.69) is 4.98 Å². The van der Waals surface area contributed by atoms with Crippen molar-refractivity contribution in [3.8, 4) is 17.1 Å². The topological polar surface area (TPSA) is 154 Å². The van der Waals surface area contributed by atoms with E-state index < -0.39 is 29.4 Å². The van der Waals surface area contributed by atoms with Crippen LogP contribution in [0.4, 0.5) is 0 Å². The molecule has 0 spiro atoms. The Kier molecular flexibility index (Phi) is 4.56. The fourth-order valence-corrected chi connectivity index (χ4v) is 4.51. The van der Waals surface area contributed by atoms with E-state index in [1.807, 2.05) is 0 Å². The normalized spacial score (nSPS) is 20.7. The van der Waals surface area contributed by atoms with E-state index in [0.717, 1.165) is 6.92 Å². The van der Waals surface area contributed by atoms with Crippen LogP contribution in [0.5, 0.6) is 5.75 Å². The van der Waals surface area contributed by atoms with Gasteiger partial charge < -0.3 is 30.0 Å². The number of ether oxygens (including phenoxy) is 2. The first kappa shape index (κ1) is 21.1. The molecule has 5 rings (SSSR count). The van der Waals surface area contributed by atoms with Gasteiger partial charge in [-0.3, -0.25) is 9.59 Å². The Labute approximate surface area is 187 Å². The second-order valence-electron chi connectivity index (χ2n) is 8.15. The highest BCUT2D eigenvalue weighted by molar-refractivity contribution is 5.90. The van der Waals surface area contributed by atoms with Crippen molar-refractivity contribution < 1.29 is 29.3 Å². The number of fused-ring (bicyclic) bond motifs is 5. The van der Waals surface area contributed by atoms with E-state index in [1.54, 1.807) is 25.1 Å². The van der Waals surface area contributed by atoms with E-state index in [9.17, 15) is 24.6 Å². The smallest absolute Gasteiger partial charge is 0.346 e. The van der Waals surface area contributed by atoms with Gasteiger partial charge in [0, 0.05) is 35.5 Å². The number of pyridine rings is 2. The van der Waals surface area contributed by atoms with Crippen molar-refractivity contribution >= 4 is 22.8 Å². The van der Waals surface area contributed by atoms with Gasteiger partial charge in [-0.25, -0.2) is 9.78 Å². The molecule has 0 fully saturated rings. The number of carbonyl (C=O) groups excluding carboxylic acids is 2. The second kappa shape index (κ2) is 7.12. The molecule has 3 aromatic rings. The highest BCUT2D eigenvalue weighted by Gasteiger charge is 2.50. The summed E-state index contributed by atoms with van der Waals surface area (Å²) in [6.45, 7) is 3.01. The summed E-state index contributed by atoms with van der Waals surface area (Å²) in [6.07, 6.45) is -1.61. The lowest BCUT2D eigenvalue weighted by Crippen LogP contribution is -2.46. The van der Waals surface area contributed by atoms with E-state index in [4.69, 9.17) is 15.2 Å². The van der Waals surface area contributed by atoms with Crippen LogP contribution in [0.25, 0.3) is 22.3 Å². The van der Waals surface area contributed by atoms with Gasteiger partial charge in [0.2, 0.25) is 0 Å². The number of phenolic OH excluding ortho intramolecular Hbond substituents is 1. The quantitative estimate of drug-likeness (QED) is 0.391. The summed E-state index contributed by atoms with van der Waals surface area (Å²) >= 11 is 0. The minimum Gasteiger partial charge on any atom is -0.507 e. The molecule has 0 amide bonds. The van der Waals surface area contributed by atoms with Crippen molar-refractivity contribution in [3.63, 3.8) is 0 Å². The SMILES string of the molecule is CC[C@@]1(O)C(=O)OC(OC(C)=O)c2c1cc1n(c2=O)Cc2cc3c(O)c(CN)ccc3nc2-1. The molecular weight excluding hydrogens is 430 g/mol. The molecular formula is C23H21N3O7. The molecule has 2 aromatic heterocycles. The van der Waals surface area contributed by atoms with E-state index in [-0.39, 0.29) is 36.4 Å². The molecule has 0 radical (unpaired) electrons. The van der Waals surface area contributed by atoms with Gasteiger partial charge in [-0.15, -0.1) is 0 Å². The Morgan fingerprint density at radius 2 is 2.12 bits per heavy atom. The molecule has 0 aliphatic carbocycles. The van der Waals surface area contributed by atoms with Crippen molar-refractivity contribution in [3.05, 3.63) is 56.9 Å². The standard InChI is InChI=1S/C23H21N3O7/c1-3-23(31)14-7-16-18-12(6-13-15(25-18)5-4-11(8-24)19(13)28)9-26(16)20(29)17(14)21(32-10(2)27)33-22(23)30/h4-7,21,28,31H,3,8-9,24H2,1-2H3/t21?,23-/m0/s1. The zero-order valence-electron chi connectivity index (χ0n) is 17.9. The van der Waals surface area contributed by atoms with Gasteiger partial charge in [0.25, 0.3) is 11.8 Å². The van der Waals surface area contributed by atoms with Crippen LogP contribution in [0.2, 0.25) is 0 Å². The first-order chi connectivity index (χ1) is 15.7. The van der Waals surface area contributed by atoms with Gasteiger partial charge in [-0.2, -0.15) is 0 Å². The second-order valence-corrected chi connectivity index (χ2v) is 8.15. The van der Waals surface area contributed by atoms with Crippen LogP contribution < -0.4 is 11.3 Å². The molecule has 4 N–H and O–H groups in total. The van der Waals surface area contributed by atoms with Crippen LogP contribution in [0, 0.1) is 0 Å². The number of nitrogens with two attached hydrogens (primary N) is 1. The Hall–Kier alpha value is -3.76. The minimum absolute atomic E-state index is 0.0276. The summed E-state index contributed by atoms with van der Waals surface area (Å²) in [5, 5.41) is 22.1. The predicted molar refractivity (Wildman–Crippen MR) is 115 cm³/mol. The van der Waals surface area contributed by atoms with Gasteiger partial charge in [0.15, 0.2) is 5.60 Å². The number of rotatable bonds is 3.